The third kappa shape index (κ3) is 2.40. The minimum atomic E-state index is 0.691. The fourth-order valence-corrected chi connectivity index (χ4v) is 2.13. The SMILES string of the molecule is CC(CBr)Cc1cccc2ccccc12. The quantitative estimate of drug-likeness (QED) is 0.719. The second-order valence-electron chi connectivity index (χ2n) is 4.10. The zero-order valence-corrected chi connectivity index (χ0v) is 10.5. The van der Waals surface area contributed by atoms with E-state index in [1.54, 1.807) is 0 Å². The van der Waals surface area contributed by atoms with Crippen molar-refractivity contribution in [2.75, 3.05) is 5.33 Å². The van der Waals surface area contributed by atoms with Gasteiger partial charge in [-0.3, -0.25) is 0 Å². The molecule has 0 radical (unpaired) electrons. The highest BCUT2D eigenvalue weighted by atomic mass is 79.9. The van der Waals surface area contributed by atoms with Crippen molar-refractivity contribution in [2.24, 2.45) is 5.92 Å². The highest BCUT2D eigenvalue weighted by Crippen LogP contribution is 2.21. The Morgan fingerprint density at radius 2 is 1.80 bits per heavy atom. The van der Waals surface area contributed by atoms with Crippen LogP contribution in [0.15, 0.2) is 42.5 Å². The van der Waals surface area contributed by atoms with Crippen molar-refractivity contribution >= 4 is 26.7 Å². The molecule has 1 heteroatoms. The smallest absolute Gasteiger partial charge is 0.00602 e. The van der Waals surface area contributed by atoms with Crippen LogP contribution >= 0.6 is 15.9 Å². The van der Waals surface area contributed by atoms with Crippen LogP contribution in [0.2, 0.25) is 0 Å². The van der Waals surface area contributed by atoms with Crippen molar-refractivity contribution in [2.45, 2.75) is 13.3 Å². The average molecular weight is 263 g/mol. The molecule has 1 atom stereocenters. The van der Waals surface area contributed by atoms with Gasteiger partial charge >= 0.3 is 0 Å². The molecule has 15 heavy (non-hydrogen) atoms. The molecule has 0 heterocycles. The minimum Gasteiger partial charge on any atom is -0.0925 e. The van der Waals surface area contributed by atoms with E-state index in [0.717, 1.165) is 11.8 Å². The lowest BCUT2D eigenvalue weighted by atomic mass is 9.97. The fourth-order valence-electron chi connectivity index (χ4n) is 1.90. The lowest BCUT2D eigenvalue weighted by Gasteiger charge is -2.10. The van der Waals surface area contributed by atoms with E-state index >= 15 is 0 Å². The van der Waals surface area contributed by atoms with Crippen molar-refractivity contribution in [3.05, 3.63) is 48.0 Å². The third-order valence-corrected chi connectivity index (χ3v) is 3.82. The van der Waals surface area contributed by atoms with Gasteiger partial charge in [-0.1, -0.05) is 65.3 Å². The molecule has 0 aliphatic carbocycles. The first-order valence-electron chi connectivity index (χ1n) is 5.34. The first-order valence-corrected chi connectivity index (χ1v) is 6.46. The Balaban J connectivity index is 2.42. The van der Waals surface area contributed by atoms with Gasteiger partial charge in [0.1, 0.15) is 0 Å². The van der Waals surface area contributed by atoms with Gasteiger partial charge in [0.2, 0.25) is 0 Å². The van der Waals surface area contributed by atoms with Gasteiger partial charge in [-0.2, -0.15) is 0 Å². The Hall–Kier alpha value is -0.820. The van der Waals surface area contributed by atoms with Gasteiger partial charge in [-0.15, -0.1) is 0 Å². The van der Waals surface area contributed by atoms with Gasteiger partial charge < -0.3 is 0 Å². The van der Waals surface area contributed by atoms with Crippen molar-refractivity contribution in [3.63, 3.8) is 0 Å². The van der Waals surface area contributed by atoms with E-state index in [1.807, 2.05) is 0 Å². The first-order chi connectivity index (χ1) is 7.31. The summed E-state index contributed by atoms with van der Waals surface area (Å²) >= 11 is 3.54. The largest absolute Gasteiger partial charge is 0.0925 e. The summed E-state index contributed by atoms with van der Waals surface area (Å²) in [6.45, 7) is 2.27. The molecule has 0 saturated heterocycles. The zero-order valence-electron chi connectivity index (χ0n) is 8.91. The maximum absolute atomic E-state index is 3.54. The number of benzene rings is 2. The monoisotopic (exact) mass is 262 g/mol. The molecule has 0 saturated carbocycles. The molecule has 78 valence electrons. The predicted octanol–water partition coefficient (Wildman–Crippen LogP) is 4.41. The lowest BCUT2D eigenvalue weighted by molar-refractivity contribution is 0.666. The molecule has 2 aromatic rings. The highest BCUT2D eigenvalue weighted by molar-refractivity contribution is 9.09. The number of hydrogen-bond acceptors (Lipinski definition) is 0. The lowest BCUT2D eigenvalue weighted by Crippen LogP contribution is -2.00. The molecular formula is C14H15Br. The van der Waals surface area contributed by atoms with Crippen molar-refractivity contribution in [1.29, 1.82) is 0 Å². The summed E-state index contributed by atoms with van der Waals surface area (Å²) in [6.07, 6.45) is 1.15. The molecule has 0 N–H and O–H groups in total. The second kappa shape index (κ2) is 4.80. The van der Waals surface area contributed by atoms with Crippen LogP contribution in [-0.4, -0.2) is 5.33 Å². The molecule has 0 spiro atoms. The number of hydrogen-bond donors (Lipinski definition) is 0. The maximum Gasteiger partial charge on any atom is 0.00602 e. The number of alkyl halides is 1. The van der Waals surface area contributed by atoms with Gasteiger partial charge in [-0.25, -0.2) is 0 Å². The summed E-state index contributed by atoms with van der Waals surface area (Å²) in [7, 11) is 0. The summed E-state index contributed by atoms with van der Waals surface area (Å²) in [5.41, 5.74) is 1.46. The van der Waals surface area contributed by atoms with Crippen LogP contribution in [0, 0.1) is 5.92 Å². The molecule has 2 aromatic carbocycles. The molecule has 2 rings (SSSR count). The maximum atomic E-state index is 3.54. The van der Waals surface area contributed by atoms with Gasteiger partial charge in [0.25, 0.3) is 0 Å². The number of rotatable bonds is 3. The summed E-state index contributed by atoms with van der Waals surface area (Å²) in [4.78, 5) is 0. The molecular weight excluding hydrogens is 248 g/mol. The van der Waals surface area contributed by atoms with E-state index in [1.165, 1.54) is 16.3 Å². The van der Waals surface area contributed by atoms with Gasteiger partial charge in [0, 0.05) is 5.33 Å². The Labute approximate surface area is 99.4 Å². The van der Waals surface area contributed by atoms with Crippen LogP contribution in [0.5, 0.6) is 0 Å². The van der Waals surface area contributed by atoms with E-state index in [9.17, 15) is 0 Å². The molecule has 0 aromatic heterocycles. The number of halogens is 1. The van der Waals surface area contributed by atoms with Crippen LogP contribution in [0.25, 0.3) is 10.8 Å². The van der Waals surface area contributed by atoms with E-state index in [2.05, 4.69) is 65.3 Å². The Morgan fingerprint density at radius 3 is 2.60 bits per heavy atom. The summed E-state index contributed by atoms with van der Waals surface area (Å²) in [5, 5.41) is 3.81. The van der Waals surface area contributed by atoms with E-state index in [4.69, 9.17) is 0 Å². The van der Waals surface area contributed by atoms with E-state index < -0.39 is 0 Å². The fraction of sp³-hybridized carbons (Fsp3) is 0.286. The standard InChI is InChI=1S/C14H15Br/c1-11(10-15)9-13-7-4-6-12-5-2-3-8-14(12)13/h2-8,11H,9-10H2,1H3. The second-order valence-corrected chi connectivity index (χ2v) is 4.75. The van der Waals surface area contributed by atoms with Gasteiger partial charge in [0.05, 0.1) is 0 Å². The zero-order chi connectivity index (χ0) is 10.7. The normalized spacial score (nSPS) is 12.9. The van der Waals surface area contributed by atoms with Crippen LogP contribution in [-0.2, 0) is 6.42 Å². The first kappa shape index (κ1) is 10.7. The molecule has 0 aliphatic rings. The van der Waals surface area contributed by atoms with E-state index in [-0.39, 0.29) is 0 Å². The summed E-state index contributed by atoms with van der Waals surface area (Å²) < 4.78 is 0. The third-order valence-electron chi connectivity index (χ3n) is 2.71. The molecule has 0 fully saturated rings. The van der Waals surface area contributed by atoms with Crippen LogP contribution in [0.4, 0.5) is 0 Å². The Bertz CT molecular complexity index is 443. The molecule has 0 amide bonds. The summed E-state index contributed by atoms with van der Waals surface area (Å²) in [5.74, 6) is 0.691. The van der Waals surface area contributed by atoms with Crippen molar-refractivity contribution < 1.29 is 0 Å². The van der Waals surface area contributed by atoms with Crippen LogP contribution in [0.1, 0.15) is 12.5 Å². The Morgan fingerprint density at radius 1 is 1.07 bits per heavy atom. The van der Waals surface area contributed by atoms with E-state index in [0.29, 0.717) is 5.92 Å². The van der Waals surface area contributed by atoms with Crippen LogP contribution < -0.4 is 0 Å². The van der Waals surface area contributed by atoms with Crippen LogP contribution in [0.3, 0.4) is 0 Å². The Kier molecular flexibility index (Phi) is 3.42. The molecule has 0 aliphatic heterocycles. The van der Waals surface area contributed by atoms with Crippen molar-refractivity contribution in [1.82, 2.24) is 0 Å². The predicted molar refractivity (Wildman–Crippen MR) is 70.6 cm³/mol. The van der Waals surface area contributed by atoms with Gasteiger partial charge in [0.15, 0.2) is 0 Å². The highest BCUT2D eigenvalue weighted by Gasteiger charge is 2.04. The summed E-state index contributed by atoms with van der Waals surface area (Å²) in [6, 6.07) is 15.2. The molecule has 0 nitrogen and oxygen atoms in total. The minimum absolute atomic E-state index is 0.691. The topological polar surface area (TPSA) is 0 Å². The molecule has 0 bridgehead atoms. The van der Waals surface area contributed by atoms with Crippen molar-refractivity contribution in [3.8, 4) is 0 Å². The van der Waals surface area contributed by atoms with Gasteiger partial charge in [-0.05, 0) is 28.7 Å². The molecule has 1 unspecified atom stereocenters. The average Bonchev–Trinajstić information content (AvgIpc) is 2.29. The number of fused-ring (bicyclic) bond motifs is 1.